The second-order valence-electron chi connectivity index (χ2n) is 5.81. The van der Waals surface area contributed by atoms with Crippen LogP contribution in [0.4, 0.5) is 5.69 Å². The topological polar surface area (TPSA) is 34.2 Å². The van der Waals surface area contributed by atoms with Crippen molar-refractivity contribution < 1.29 is 4.74 Å². The van der Waals surface area contributed by atoms with Crippen LogP contribution in [0.5, 0.6) is 5.75 Å². The van der Waals surface area contributed by atoms with Crippen molar-refractivity contribution in [2.75, 3.05) is 19.0 Å². The highest BCUT2D eigenvalue weighted by molar-refractivity contribution is 9.10. The van der Waals surface area contributed by atoms with Gasteiger partial charge < -0.3 is 10.1 Å². The molecule has 0 bridgehead atoms. The van der Waals surface area contributed by atoms with Crippen molar-refractivity contribution in [1.82, 2.24) is 4.98 Å². The molecule has 0 saturated heterocycles. The van der Waals surface area contributed by atoms with Crippen LogP contribution in [0, 0.1) is 0 Å². The van der Waals surface area contributed by atoms with Crippen LogP contribution >= 0.6 is 15.9 Å². The quantitative estimate of drug-likeness (QED) is 0.879. The number of methoxy groups -OCH3 is 1. The van der Waals surface area contributed by atoms with Crippen molar-refractivity contribution in [3.8, 4) is 5.75 Å². The Morgan fingerprint density at radius 2 is 2.00 bits per heavy atom. The maximum Gasteiger partial charge on any atom is 0.130 e. The van der Waals surface area contributed by atoms with Crippen LogP contribution in [0.2, 0.25) is 0 Å². The molecule has 1 N–H and O–H groups in total. The van der Waals surface area contributed by atoms with Gasteiger partial charge in [-0.25, -0.2) is 0 Å². The lowest BCUT2D eigenvalue weighted by atomic mass is 9.90. The van der Waals surface area contributed by atoms with E-state index in [2.05, 4.69) is 55.0 Å². The molecule has 0 aliphatic carbocycles. The summed E-state index contributed by atoms with van der Waals surface area (Å²) in [5.74, 6) is 0.840. The van der Waals surface area contributed by atoms with E-state index in [9.17, 15) is 0 Å². The Labute approximate surface area is 128 Å². The first kappa shape index (κ1) is 15.1. The van der Waals surface area contributed by atoms with Crippen LogP contribution in [0.3, 0.4) is 0 Å². The fourth-order valence-corrected chi connectivity index (χ4v) is 2.58. The number of aromatic nitrogens is 1. The summed E-state index contributed by atoms with van der Waals surface area (Å²) < 4.78 is 6.48. The number of hydrogen-bond donors (Lipinski definition) is 1. The number of nitrogens with zero attached hydrogens (tertiary/aromatic N) is 1. The molecule has 0 aliphatic rings. The normalized spacial score (nSPS) is 11.7. The molecule has 1 aromatic carbocycles. The van der Waals surface area contributed by atoms with E-state index in [0.717, 1.165) is 39.1 Å². The number of anilines is 1. The van der Waals surface area contributed by atoms with Crippen LogP contribution < -0.4 is 10.1 Å². The van der Waals surface area contributed by atoms with E-state index in [1.807, 2.05) is 12.1 Å². The van der Waals surface area contributed by atoms with Gasteiger partial charge in [-0.05, 0) is 41.1 Å². The molecule has 4 heteroatoms. The van der Waals surface area contributed by atoms with Crippen molar-refractivity contribution in [3.63, 3.8) is 0 Å². The molecule has 0 fully saturated rings. The van der Waals surface area contributed by atoms with Crippen LogP contribution in [0.15, 0.2) is 22.7 Å². The molecule has 0 spiro atoms. The Morgan fingerprint density at radius 1 is 1.30 bits per heavy atom. The fourth-order valence-electron chi connectivity index (χ4n) is 2.16. The average molecular weight is 337 g/mol. The lowest BCUT2D eigenvalue weighted by molar-refractivity contribution is 0.419. The third-order valence-corrected chi connectivity index (χ3v) is 3.87. The minimum absolute atomic E-state index is 0.000871. The van der Waals surface area contributed by atoms with Gasteiger partial charge in [-0.1, -0.05) is 20.8 Å². The van der Waals surface area contributed by atoms with E-state index < -0.39 is 0 Å². The highest BCUT2D eigenvalue weighted by Crippen LogP contribution is 2.38. The van der Waals surface area contributed by atoms with Gasteiger partial charge in [0.15, 0.2) is 0 Å². The number of halogens is 1. The first-order valence-corrected chi connectivity index (χ1v) is 7.59. The summed E-state index contributed by atoms with van der Waals surface area (Å²) in [4.78, 5) is 4.83. The van der Waals surface area contributed by atoms with Gasteiger partial charge in [-0.2, -0.15) is 0 Å². The zero-order chi connectivity index (χ0) is 14.9. The van der Waals surface area contributed by atoms with Crippen LogP contribution in [-0.2, 0) is 5.41 Å². The molecule has 1 aromatic heterocycles. The smallest absolute Gasteiger partial charge is 0.130 e. The first-order chi connectivity index (χ1) is 9.38. The van der Waals surface area contributed by atoms with E-state index in [-0.39, 0.29) is 5.41 Å². The van der Waals surface area contributed by atoms with Gasteiger partial charge in [0.1, 0.15) is 5.75 Å². The number of rotatable bonds is 3. The van der Waals surface area contributed by atoms with E-state index in [4.69, 9.17) is 9.72 Å². The molecule has 0 unspecified atom stereocenters. The third kappa shape index (κ3) is 2.75. The molecule has 108 valence electrons. The van der Waals surface area contributed by atoms with Gasteiger partial charge in [0.2, 0.25) is 0 Å². The van der Waals surface area contributed by atoms with Crippen LogP contribution in [-0.4, -0.2) is 18.6 Å². The molecule has 0 saturated carbocycles. The minimum atomic E-state index is 0.000871. The van der Waals surface area contributed by atoms with Crippen LogP contribution in [0.25, 0.3) is 10.9 Å². The second kappa shape index (κ2) is 5.60. The monoisotopic (exact) mass is 336 g/mol. The van der Waals surface area contributed by atoms with Crippen LogP contribution in [0.1, 0.15) is 33.4 Å². The SMILES string of the molecule is CCNc1cc(C(C)(C)C)nc2c(Br)ccc(OC)c12. The highest BCUT2D eigenvalue weighted by Gasteiger charge is 2.20. The maximum absolute atomic E-state index is 5.49. The maximum atomic E-state index is 5.49. The molecule has 3 nitrogen and oxygen atoms in total. The lowest BCUT2D eigenvalue weighted by Crippen LogP contribution is -2.14. The van der Waals surface area contributed by atoms with Gasteiger partial charge in [0.25, 0.3) is 0 Å². The van der Waals surface area contributed by atoms with Gasteiger partial charge in [-0.3, -0.25) is 4.98 Å². The molecule has 1 heterocycles. The van der Waals surface area contributed by atoms with E-state index >= 15 is 0 Å². The summed E-state index contributed by atoms with van der Waals surface area (Å²) in [7, 11) is 1.69. The summed E-state index contributed by atoms with van der Waals surface area (Å²) >= 11 is 3.60. The van der Waals surface area contributed by atoms with E-state index in [0.29, 0.717) is 0 Å². The molecule has 0 amide bonds. The standard InChI is InChI=1S/C16H21BrN2O/c1-6-18-11-9-13(16(2,3)4)19-15-10(17)7-8-12(20-5)14(11)15/h7-9H,6H2,1-5H3,(H,18,19). The average Bonchev–Trinajstić information content (AvgIpc) is 2.39. The molecule has 0 aliphatic heterocycles. The van der Waals surface area contributed by atoms with Crippen molar-refractivity contribution in [3.05, 3.63) is 28.4 Å². The van der Waals surface area contributed by atoms with Crippen molar-refractivity contribution >= 4 is 32.5 Å². The van der Waals surface area contributed by atoms with Gasteiger partial charge in [-0.15, -0.1) is 0 Å². The predicted molar refractivity (Wildman–Crippen MR) is 88.9 cm³/mol. The Kier molecular flexibility index (Phi) is 4.23. The number of hydrogen-bond acceptors (Lipinski definition) is 3. The summed E-state index contributed by atoms with van der Waals surface area (Å²) in [6.07, 6.45) is 0. The second-order valence-corrected chi connectivity index (χ2v) is 6.66. The number of ether oxygens (including phenoxy) is 1. The summed E-state index contributed by atoms with van der Waals surface area (Å²) in [5.41, 5.74) is 3.07. The molecule has 2 aromatic rings. The van der Waals surface area contributed by atoms with Gasteiger partial charge in [0.05, 0.1) is 18.0 Å². The van der Waals surface area contributed by atoms with Crippen molar-refractivity contribution in [2.24, 2.45) is 0 Å². The molecular weight excluding hydrogens is 316 g/mol. The summed E-state index contributed by atoms with van der Waals surface area (Å²) in [6, 6.07) is 6.07. The predicted octanol–water partition coefficient (Wildman–Crippen LogP) is 4.74. The zero-order valence-corrected chi connectivity index (χ0v) is 14.3. The highest BCUT2D eigenvalue weighted by atomic mass is 79.9. The Bertz CT molecular complexity index is 632. The molecule has 0 radical (unpaired) electrons. The number of nitrogens with one attached hydrogen (secondary N) is 1. The van der Waals surface area contributed by atoms with Crippen molar-refractivity contribution in [1.29, 1.82) is 0 Å². The summed E-state index contributed by atoms with van der Waals surface area (Å²) in [5, 5.41) is 4.45. The minimum Gasteiger partial charge on any atom is -0.496 e. The molecule has 2 rings (SSSR count). The Hall–Kier alpha value is -1.29. The number of benzene rings is 1. The summed E-state index contributed by atoms with van der Waals surface area (Å²) in [6.45, 7) is 9.47. The lowest BCUT2D eigenvalue weighted by Gasteiger charge is -2.21. The molecule has 20 heavy (non-hydrogen) atoms. The van der Waals surface area contributed by atoms with E-state index in [1.165, 1.54) is 0 Å². The van der Waals surface area contributed by atoms with Gasteiger partial charge in [0, 0.05) is 27.8 Å². The number of pyridine rings is 1. The fraction of sp³-hybridized carbons (Fsp3) is 0.438. The number of fused-ring (bicyclic) bond motifs is 1. The zero-order valence-electron chi connectivity index (χ0n) is 12.7. The van der Waals surface area contributed by atoms with E-state index in [1.54, 1.807) is 7.11 Å². The Balaban J connectivity index is 2.84. The van der Waals surface area contributed by atoms with Crippen molar-refractivity contribution in [2.45, 2.75) is 33.1 Å². The van der Waals surface area contributed by atoms with Gasteiger partial charge >= 0.3 is 0 Å². The largest absolute Gasteiger partial charge is 0.496 e. The molecule has 0 atom stereocenters. The third-order valence-electron chi connectivity index (χ3n) is 3.23. The first-order valence-electron chi connectivity index (χ1n) is 6.80. The Morgan fingerprint density at radius 3 is 2.55 bits per heavy atom. The molecular formula is C16H21BrN2O.